The summed E-state index contributed by atoms with van der Waals surface area (Å²) >= 11 is 7.29. The van der Waals surface area contributed by atoms with Crippen LogP contribution in [0.2, 0.25) is 5.02 Å². The normalized spacial score (nSPS) is 11.4. The van der Waals surface area contributed by atoms with Gasteiger partial charge in [0, 0.05) is 14.8 Å². The maximum absolute atomic E-state index is 11.3. The maximum Gasteiger partial charge on any atom is 0.336 e. The lowest BCUT2D eigenvalue weighted by Gasteiger charge is -2.19. The molecule has 2 nitrogen and oxygen atoms in total. The first-order chi connectivity index (χ1) is 9.77. The Kier molecular flexibility index (Phi) is 4.64. The molecule has 110 valence electrons. The second kappa shape index (κ2) is 6.12. The van der Waals surface area contributed by atoms with E-state index in [1.165, 1.54) is 23.4 Å². The van der Waals surface area contributed by atoms with Gasteiger partial charge in [-0.25, -0.2) is 4.79 Å². The Balaban J connectivity index is 2.28. The first kappa shape index (κ1) is 15.9. The van der Waals surface area contributed by atoms with Crippen molar-refractivity contribution in [1.82, 2.24) is 0 Å². The molecule has 0 saturated heterocycles. The highest BCUT2D eigenvalue weighted by molar-refractivity contribution is 7.99. The van der Waals surface area contributed by atoms with Crippen LogP contribution in [0.3, 0.4) is 0 Å². The molecule has 1 N–H and O–H groups in total. The molecule has 21 heavy (non-hydrogen) atoms. The number of benzene rings is 2. The van der Waals surface area contributed by atoms with Crippen molar-refractivity contribution in [2.75, 3.05) is 0 Å². The number of halogens is 1. The predicted octanol–water partition coefficient (Wildman–Crippen LogP) is 5.49. The van der Waals surface area contributed by atoms with Crippen LogP contribution in [0.1, 0.15) is 36.7 Å². The Morgan fingerprint density at radius 2 is 1.71 bits per heavy atom. The smallest absolute Gasteiger partial charge is 0.336 e. The first-order valence-electron chi connectivity index (χ1n) is 6.58. The van der Waals surface area contributed by atoms with Crippen molar-refractivity contribution >= 4 is 29.3 Å². The van der Waals surface area contributed by atoms with E-state index in [-0.39, 0.29) is 11.0 Å². The first-order valence-corrected chi connectivity index (χ1v) is 7.78. The van der Waals surface area contributed by atoms with E-state index in [1.807, 2.05) is 12.1 Å². The molecule has 2 aromatic carbocycles. The lowest BCUT2D eigenvalue weighted by molar-refractivity contribution is 0.0693. The third-order valence-electron chi connectivity index (χ3n) is 3.12. The van der Waals surface area contributed by atoms with Gasteiger partial charge in [0.25, 0.3) is 0 Å². The van der Waals surface area contributed by atoms with Gasteiger partial charge in [-0.2, -0.15) is 0 Å². The topological polar surface area (TPSA) is 37.3 Å². The van der Waals surface area contributed by atoms with Crippen LogP contribution in [0.25, 0.3) is 0 Å². The summed E-state index contributed by atoms with van der Waals surface area (Å²) in [4.78, 5) is 13.0. The van der Waals surface area contributed by atoms with Crippen LogP contribution in [-0.2, 0) is 5.41 Å². The Morgan fingerprint density at radius 1 is 1.10 bits per heavy atom. The summed E-state index contributed by atoms with van der Waals surface area (Å²) in [6.07, 6.45) is 0. The molecular formula is C17H17ClO2S. The van der Waals surface area contributed by atoms with Crippen molar-refractivity contribution in [3.63, 3.8) is 0 Å². The molecule has 0 amide bonds. The average Bonchev–Trinajstić information content (AvgIpc) is 2.40. The van der Waals surface area contributed by atoms with Crippen molar-refractivity contribution in [2.45, 2.75) is 36.0 Å². The highest BCUT2D eigenvalue weighted by Gasteiger charge is 2.14. The summed E-state index contributed by atoms with van der Waals surface area (Å²) < 4.78 is 0. The van der Waals surface area contributed by atoms with Crippen molar-refractivity contribution < 1.29 is 9.90 Å². The molecule has 0 bridgehead atoms. The van der Waals surface area contributed by atoms with E-state index in [0.717, 1.165) is 4.90 Å². The van der Waals surface area contributed by atoms with Gasteiger partial charge in [0.2, 0.25) is 0 Å². The monoisotopic (exact) mass is 320 g/mol. The fourth-order valence-corrected chi connectivity index (χ4v) is 3.00. The number of rotatable bonds is 3. The zero-order valence-electron chi connectivity index (χ0n) is 12.2. The summed E-state index contributed by atoms with van der Waals surface area (Å²) in [6.45, 7) is 6.49. The van der Waals surface area contributed by atoms with Crippen LogP contribution < -0.4 is 0 Å². The SMILES string of the molecule is CC(C)(C)c1ccc(Sc2ccc(Cl)cc2C(=O)O)cc1. The Morgan fingerprint density at radius 3 is 2.24 bits per heavy atom. The molecule has 0 heterocycles. The molecule has 2 aromatic rings. The van der Waals surface area contributed by atoms with Crippen LogP contribution in [0.15, 0.2) is 52.3 Å². The maximum atomic E-state index is 11.3. The van der Waals surface area contributed by atoms with Gasteiger partial charge in [0.1, 0.15) is 0 Å². The number of hydrogen-bond donors (Lipinski definition) is 1. The summed E-state index contributed by atoms with van der Waals surface area (Å²) in [6, 6.07) is 13.1. The van der Waals surface area contributed by atoms with Crippen molar-refractivity contribution in [3.8, 4) is 0 Å². The van der Waals surface area contributed by atoms with E-state index in [1.54, 1.807) is 12.1 Å². The minimum absolute atomic E-state index is 0.107. The minimum Gasteiger partial charge on any atom is -0.478 e. The van der Waals surface area contributed by atoms with Gasteiger partial charge in [-0.15, -0.1) is 0 Å². The van der Waals surface area contributed by atoms with E-state index in [4.69, 9.17) is 11.6 Å². The highest BCUT2D eigenvalue weighted by atomic mass is 35.5. The van der Waals surface area contributed by atoms with Gasteiger partial charge < -0.3 is 5.11 Å². The van der Waals surface area contributed by atoms with Crippen LogP contribution in [0, 0.1) is 0 Å². The van der Waals surface area contributed by atoms with Crippen LogP contribution in [-0.4, -0.2) is 11.1 Å². The molecule has 0 aliphatic carbocycles. The third kappa shape index (κ3) is 4.02. The van der Waals surface area contributed by atoms with Crippen molar-refractivity contribution in [3.05, 3.63) is 58.6 Å². The van der Waals surface area contributed by atoms with Gasteiger partial charge in [-0.1, -0.05) is 56.3 Å². The summed E-state index contributed by atoms with van der Waals surface area (Å²) in [5.41, 5.74) is 1.59. The molecule has 0 unspecified atom stereocenters. The molecule has 0 fully saturated rings. The fraction of sp³-hybridized carbons (Fsp3) is 0.235. The zero-order chi connectivity index (χ0) is 15.6. The second-order valence-corrected chi connectivity index (χ2v) is 7.37. The lowest BCUT2D eigenvalue weighted by atomic mass is 9.87. The highest BCUT2D eigenvalue weighted by Crippen LogP contribution is 2.33. The van der Waals surface area contributed by atoms with Gasteiger partial charge in [0.05, 0.1) is 5.56 Å². The fourth-order valence-electron chi connectivity index (χ4n) is 1.91. The van der Waals surface area contributed by atoms with E-state index in [9.17, 15) is 9.90 Å². The number of carboxylic acids is 1. The quantitative estimate of drug-likeness (QED) is 0.812. The zero-order valence-corrected chi connectivity index (χ0v) is 13.8. The molecule has 0 aliphatic rings. The molecule has 4 heteroatoms. The number of hydrogen-bond acceptors (Lipinski definition) is 2. The minimum atomic E-state index is -0.966. The standard InChI is InChI=1S/C17H17ClO2S/c1-17(2,3)11-4-7-13(8-5-11)21-15-9-6-12(18)10-14(15)16(19)20/h4-10H,1-3H3,(H,19,20). The van der Waals surface area contributed by atoms with Crippen molar-refractivity contribution in [2.24, 2.45) is 0 Å². The van der Waals surface area contributed by atoms with E-state index >= 15 is 0 Å². The van der Waals surface area contributed by atoms with Crippen LogP contribution in [0.4, 0.5) is 0 Å². The third-order valence-corrected chi connectivity index (χ3v) is 4.44. The molecule has 2 rings (SSSR count). The summed E-state index contributed by atoms with van der Waals surface area (Å²) in [5.74, 6) is -0.966. The predicted molar refractivity (Wildman–Crippen MR) is 87.7 cm³/mol. The second-order valence-electron chi connectivity index (χ2n) is 5.82. The van der Waals surface area contributed by atoms with Gasteiger partial charge in [0.15, 0.2) is 0 Å². The molecule has 0 radical (unpaired) electrons. The molecule has 0 saturated carbocycles. The molecule has 0 spiro atoms. The van der Waals surface area contributed by atoms with Gasteiger partial charge in [-0.3, -0.25) is 0 Å². The molecule has 0 aliphatic heterocycles. The summed E-state index contributed by atoms with van der Waals surface area (Å²) in [7, 11) is 0. The summed E-state index contributed by atoms with van der Waals surface area (Å²) in [5, 5.41) is 9.68. The van der Waals surface area contributed by atoms with Crippen LogP contribution in [0.5, 0.6) is 0 Å². The van der Waals surface area contributed by atoms with E-state index < -0.39 is 5.97 Å². The largest absolute Gasteiger partial charge is 0.478 e. The Hall–Kier alpha value is -1.45. The van der Waals surface area contributed by atoms with Crippen molar-refractivity contribution in [1.29, 1.82) is 0 Å². The number of carboxylic acid groups (broad SMARTS) is 1. The van der Waals surface area contributed by atoms with Gasteiger partial charge >= 0.3 is 5.97 Å². The molecule has 0 aromatic heterocycles. The van der Waals surface area contributed by atoms with E-state index in [0.29, 0.717) is 9.92 Å². The van der Waals surface area contributed by atoms with Gasteiger partial charge in [-0.05, 0) is 41.3 Å². The molecule has 0 atom stereocenters. The lowest BCUT2D eigenvalue weighted by Crippen LogP contribution is -2.10. The number of carbonyl (C=O) groups is 1. The number of aromatic carboxylic acids is 1. The van der Waals surface area contributed by atoms with E-state index in [2.05, 4.69) is 32.9 Å². The average molecular weight is 321 g/mol. The Labute approximate surface area is 134 Å². The molecular weight excluding hydrogens is 304 g/mol. The Bertz CT molecular complexity index is 657. The van der Waals surface area contributed by atoms with Crippen LogP contribution >= 0.6 is 23.4 Å².